The van der Waals surface area contributed by atoms with Crippen LogP contribution in [-0.2, 0) is 4.74 Å². The van der Waals surface area contributed by atoms with Gasteiger partial charge in [-0.25, -0.2) is 4.79 Å². The van der Waals surface area contributed by atoms with Gasteiger partial charge < -0.3 is 20.1 Å². The molecule has 1 atom stereocenters. The molecule has 3 aromatic rings. The van der Waals surface area contributed by atoms with E-state index < -0.39 is 6.09 Å². The third-order valence-electron chi connectivity index (χ3n) is 4.59. The summed E-state index contributed by atoms with van der Waals surface area (Å²) in [6, 6.07) is 16.4. The zero-order valence-electron chi connectivity index (χ0n) is 15.4. The van der Waals surface area contributed by atoms with Crippen molar-refractivity contribution in [3.8, 4) is 5.69 Å². The normalized spacial score (nSPS) is 16.4. The molecule has 0 bridgehead atoms. The Labute approximate surface area is 166 Å². The molecule has 1 unspecified atom stereocenters. The molecule has 9 heteroatoms. The maximum Gasteiger partial charge on any atom is 0.407 e. The van der Waals surface area contributed by atoms with E-state index >= 15 is 0 Å². The number of benzene rings is 2. The van der Waals surface area contributed by atoms with E-state index in [2.05, 4.69) is 15.5 Å². The average molecular weight is 393 g/mol. The van der Waals surface area contributed by atoms with Crippen molar-refractivity contribution in [1.29, 1.82) is 0 Å². The second-order valence-electron chi connectivity index (χ2n) is 6.52. The quantitative estimate of drug-likeness (QED) is 0.705. The van der Waals surface area contributed by atoms with Gasteiger partial charge in [0.15, 0.2) is 5.69 Å². The SMILES string of the molecule is O=C(Nc1ccc(C2CN(C(=O)O)CCO2)cc1)c1cnn(-c2ccccc2)n1. The van der Waals surface area contributed by atoms with Gasteiger partial charge in [0.1, 0.15) is 6.10 Å². The number of para-hydroxylation sites is 1. The van der Waals surface area contributed by atoms with Crippen molar-refractivity contribution < 1.29 is 19.4 Å². The number of hydrogen-bond donors (Lipinski definition) is 2. The summed E-state index contributed by atoms with van der Waals surface area (Å²) in [6.07, 6.45) is 0.133. The fraction of sp³-hybridized carbons (Fsp3) is 0.200. The van der Waals surface area contributed by atoms with Gasteiger partial charge in [0.25, 0.3) is 5.91 Å². The Morgan fingerprint density at radius 2 is 1.86 bits per heavy atom. The van der Waals surface area contributed by atoms with Crippen LogP contribution in [0, 0.1) is 0 Å². The Kier molecular flexibility index (Phi) is 5.21. The van der Waals surface area contributed by atoms with E-state index in [4.69, 9.17) is 9.84 Å². The fourth-order valence-corrected chi connectivity index (χ4v) is 3.05. The standard InChI is InChI=1S/C20H19N5O4/c26-19(17-12-21-25(23-17)16-4-2-1-3-5-16)22-15-8-6-14(7-9-15)18-13-24(20(27)28)10-11-29-18/h1-9,12,18H,10-11,13H2,(H,22,26)(H,27,28). The molecule has 1 aliphatic heterocycles. The molecule has 2 aromatic carbocycles. The number of hydrogen-bond acceptors (Lipinski definition) is 5. The predicted molar refractivity (Wildman–Crippen MR) is 104 cm³/mol. The molecule has 0 radical (unpaired) electrons. The third-order valence-corrected chi connectivity index (χ3v) is 4.59. The zero-order valence-corrected chi connectivity index (χ0v) is 15.4. The number of carbonyl (C=O) groups is 2. The molecular formula is C20H19N5O4. The van der Waals surface area contributed by atoms with Gasteiger partial charge in [0.05, 0.1) is 25.0 Å². The summed E-state index contributed by atoms with van der Waals surface area (Å²) >= 11 is 0. The Hall–Kier alpha value is -3.72. The van der Waals surface area contributed by atoms with Crippen LogP contribution in [0.5, 0.6) is 0 Å². The smallest absolute Gasteiger partial charge is 0.407 e. The number of nitrogens with one attached hydrogen (secondary N) is 1. The van der Waals surface area contributed by atoms with Crippen LogP contribution in [0.1, 0.15) is 22.2 Å². The lowest BCUT2D eigenvalue weighted by atomic mass is 10.1. The lowest BCUT2D eigenvalue weighted by Gasteiger charge is -2.31. The fourth-order valence-electron chi connectivity index (χ4n) is 3.05. The molecule has 148 valence electrons. The van der Waals surface area contributed by atoms with Crippen LogP contribution in [0.25, 0.3) is 5.69 Å². The van der Waals surface area contributed by atoms with Crippen LogP contribution in [0.3, 0.4) is 0 Å². The second-order valence-corrected chi connectivity index (χ2v) is 6.52. The Bertz CT molecular complexity index is 1000. The molecule has 4 rings (SSSR count). The first-order valence-corrected chi connectivity index (χ1v) is 9.09. The van der Waals surface area contributed by atoms with Crippen LogP contribution in [0.15, 0.2) is 60.8 Å². The van der Waals surface area contributed by atoms with E-state index in [1.807, 2.05) is 42.5 Å². The first-order chi connectivity index (χ1) is 14.1. The zero-order chi connectivity index (χ0) is 20.2. The lowest BCUT2D eigenvalue weighted by Crippen LogP contribution is -2.41. The minimum Gasteiger partial charge on any atom is -0.465 e. The van der Waals surface area contributed by atoms with E-state index in [1.165, 1.54) is 15.9 Å². The summed E-state index contributed by atoms with van der Waals surface area (Å²) < 4.78 is 5.67. The molecule has 2 heterocycles. The maximum absolute atomic E-state index is 12.4. The van der Waals surface area contributed by atoms with Gasteiger partial charge in [-0.3, -0.25) is 4.79 Å². The van der Waals surface area contributed by atoms with Crippen molar-refractivity contribution in [2.24, 2.45) is 0 Å². The largest absolute Gasteiger partial charge is 0.465 e. The second kappa shape index (κ2) is 8.11. The summed E-state index contributed by atoms with van der Waals surface area (Å²) in [6.45, 7) is 1.000. The molecule has 29 heavy (non-hydrogen) atoms. The van der Waals surface area contributed by atoms with Crippen molar-refractivity contribution >= 4 is 17.7 Å². The van der Waals surface area contributed by atoms with Gasteiger partial charge in [-0.1, -0.05) is 30.3 Å². The topological polar surface area (TPSA) is 110 Å². The average Bonchev–Trinajstić information content (AvgIpc) is 3.25. The first kappa shape index (κ1) is 18.6. The van der Waals surface area contributed by atoms with Gasteiger partial charge in [0, 0.05) is 12.2 Å². The number of morpholine rings is 1. The summed E-state index contributed by atoms with van der Waals surface area (Å²) in [4.78, 5) is 26.3. The number of carboxylic acid groups (broad SMARTS) is 1. The number of anilines is 1. The van der Waals surface area contributed by atoms with E-state index in [9.17, 15) is 9.59 Å². The van der Waals surface area contributed by atoms with Gasteiger partial charge in [-0.05, 0) is 29.8 Å². The molecule has 0 aliphatic carbocycles. The molecule has 1 aliphatic rings. The van der Waals surface area contributed by atoms with Crippen molar-refractivity contribution in [3.05, 3.63) is 72.1 Å². The van der Waals surface area contributed by atoms with Crippen LogP contribution < -0.4 is 5.32 Å². The molecular weight excluding hydrogens is 374 g/mol. The Morgan fingerprint density at radius 3 is 2.59 bits per heavy atom. The minimum atomic E-state index is -0.953. The molecule has 0 saturated carbocycles. The van der Waals surface area contributed by atoms with Crippen LogP contribution in [0.2, 0.25) is 0 Å². The highest BCUT2D eigenvalue weighted by Crippen LogP contribution is 2.24. The molecule has 0 spiro atoms. The van der Waals surface area contributed by atoms with Crippen LogP contribution >= 0.6 is 0 Å². The molecule has 1 fully saturated rings. The molecule has 1 aromatic heterocycles. The number of rotatable bonds is 4. The van der Waals surface area contributed by atoms with Crippen molar-refractivity contribution in [3.63, 3.8) is 0 Å². The number of ether oxygens (including phenoxy) is 1. The highest BCUT2D eigenvalue weighted by atomic mass is 16.5. The Balaban J connectivity index is 1.41. The highest BCUT2D eigenvalue weighted by Gasteiger charge is 2.25. The van der Waals surface area contributed by atoms with Crippen molar-refractivity contribution in [2.45, 2.75) is 6.10 Å². The number of carbonyl (C=O) groups excluding carboxylic acids is 1. The molecule has 9 nitrogen and oxygen atoms in total. The van der Waals surface area contributed by atoms with Gasteiger partial charge in [-0.15, -0.1) is 5.10 Å². The summed E-state index contributed by atoms with van der Waals surface area (Å²) in [5.41, 5.74) is 2.41. The lowest BCUT2D eigenvalue weighted by molar-refractivity contribution is -0.0231. The third kappa shape index (κ3) is 4.25. The molecule has 1 saturated heterocycles. The number of amides is 2. The summed E-state index contributed by atoms with van der Waals surface area (Å²) in [5.74, 6) is -0.370. The van der Waals surface area contributed by atoms with E-state index in [-0.39, 0.29) is 24.2 Å². The number of aromatic nitrogens is 3. The van der Waals surface area contributed by atoms with Gasteiger partial charge >= 0.3 is 6.09 Å². The Morgan fingerprint density at radius 1 is 1.10 bits per heavy atom. The highest BCUT2D eigenvalue weighted by molar-refractivity contribution is 6.02. The minimum absolute atomic E-state index is 0.200. The number of nitrogens with zero attached hydrogens (tertiary/aromatic N) is 4. The van der Waals surface area contributed by atoms with E-state index in [0.29, 0.717) is 18.8 Å². The molecule has 2 N–H and O–H groups in total. The van der Waals surface area contributed by atoms with E-state index in [1.54, 1.807) is 12.1 Å². The van der Waals surface area contributed by atoms with Crippen LogP contribution in [-0.4, -0.2) is 56.7 Å². The predicted octanol–water partition coefficient (Wildman–Crippen LogP) is 2.57. The van der Waals surface area contributed by atoms with Crippen molar-refractivity contribution in [1.82, 2.24) is 19.9 Å². The summed E-state index contributed by atoms with van der Waals surface area (Å²) in [5, 5.41) is 20.2. The van der Waals surface area contributed by atoms with Gasteiger partial charge in [-0.2, -0.15) is 9.90 Å². The van der Waals surface area contributed by atoms with Gasteiger partial charge in [0.2, 0.25) is 0 Å². The monoisotopic (exact) mass is 393 g/mol. The van der Waals surface area contributed by atoms with Crippen LogP contribution in [0.4, 0.5) is 10.5 Å². The van der Waals surface area contributed by atoms with E-state index in [0.717, 1.165) is 11.3 Å². The molecule has 2 amide bonds. The maximum atomic E-state index is 12.4. The summed E-state index contributed by atoms with van der Waals surface area (Å²) in [7, 11) is 0. The first-order valence-electron chi connectivity index (χ1n) is 9.09. The van der Waals surface area contributed by atoms with Crippen molar-refractivity contribution in [2.75, 3.05) is 25.0 Å².